The van der Waals surface area contributed by atoms with Crippen molar-refractivity contribution in [2.75, 3.05) is 18.9 Å². The molecule has 0 saturated heterocycles. The van der Waals surface area contributed by atoms with Gasteiger partial charge in [0.2, 0.25) is 5.91 Å². The molecule has 0 unspecified atom stereocenters. The molecule has 0 atom stereocenters. The summed E-state index contributed by atoms with van der Waals surface area (Å²) in [6.07, 6.45) is -3.29. The number of hydrogen-bond donors (Lipinski definition) is 1. The van der Waals surface area contributed by atoms with Crippen LogP contribution < -0.4 is 5.32 Å². The highest BCUT2D eigenvalue weighted by Crippen LogP contribution is 2.36. The number of amides is 2. The second-order valence-electron chi connectivity index (χ2n) is 6.21. The molecular formula is C18H14ClF3N6O2. The van der Waals surface area contributed by atoms with Gasteiger partial charge in [0.25, 0.3) is 5.91 Å². The largest absolute Gasteiger partial charge is 0.417 e. The molecule has 156 valence electrons. The smallest absolute Gasteiger partial charge is 0.332 e. The Labute approximate surface area is 173 Å². The Hall–Kier alpha value is -3.47. The van der Waals surface area contributed by atoms with E-state index in [0.717, 1.165) is 17.0 Å². The zero-order chi connectivity index (χ0) is 21.9. The van der Waals surface area contributed by atoms with Gasteiger partial charge in [0.05, 0.1) is 22.8 Å². The lowest BCUT2D eigenvalue weighted by atomic mass is 10.1. The maximum Gasteiger partial charge on any atom is 0.417 e. The van der Waals surface area contributed by atoms with Crippen molar-refractivity contribution in [1.82, 2.24) is 25.1 Å². The van der Waals surface area contributed by atoms with E-state index in [1.165, 1.54) is 24.1 Å². The molecule has 0 aliphatic heterocycles. The monoisotopic (exact) mass is 438 g/mol. The number of aromatic nitrogens is 4. The third-order valence-electron chi connectivity index (χ3n) is 3.99. The van der Waals surface area contributed by atoms with Crippen molar-refractivity contribution in [2.45, 2.75) is 6.18 Å². The van der Waals surface area contributed by atoms with Gasteiger partial charge in [-0.15, -0.1) is 5.10 Å². The average Bonchev–Trinajstić information content (AvgIpc) is 3.23. The second-order valence-corrected chi connectivity index (χ2v) is 6.61. The summed E-state index contributed by atoms with van der Waals surface area (Å²) in [5.74, 6) is -1.13. The van der Waals surface area contributed by atoms with Gasteiger partial charge < -0.3 is 10.2 Å². The minimum Gasteiger partial charge on any atom is -0.332 e. The zero-order valence-corrected chi connectivity index (χ0v) is 16.1. The Kier molecular flexibility index (Phi) is 6.01. The SMILES string of the molecule is CN(CC(=O)Nc1ccc(Cl)c(C(F)(F)F)c1)C(=O)c1cccc(-n2cnnn2)c1. The fraction of sp³-hybridized carbons (Fsp3) is 0.167. The van der Waals surface area contributed by atoms with E-state index in [-0.39, 0.29) is 17.8 Å². The molecule has 0 fully saturated rings. The van der Waals surface area contributed by atoms with Crippen LogP contribution in [0.4, 0.5) is 18.9 Å². The number of alkyl halides is 3. The van der Waals surface area contributed by atoms with Crippen molar-refractivity contribution in [3.05, 3.63) is 64.9 Å². The molecular weight excluding hydrogens is 425 g/mol. The molecule has 1 heterocycles. The molecule has 2 aromatic carbocycles. The maximum absolute atomic E-state index is 12.9. The molecule has 0 saturated carbocycles. The van der Waals surface area contributed by atoms with E-state index in [1.54, 1.807) is 24.3 Å². The third-order valence-corrected chi connectivity index (χ3v) is 4.32. The quantitative estimate of drug-likeness (QED) is 0.661. The molecule has 0 spiro atoms. The average molecular weight is 439 g/mol. The van der Waals surface area contributed by atoms with Gasteiger partial charge in [-0.1, -0.05) is 17.7 Å². The van der Waals surface area contributed by atoms with Crippen molar-refractivity contribution < 1.29 is 22.8 Å². The number of likely N-dealkylation sites (N-methyl/N-ethyl adjacent to an activating group) is 1. The van der Waals surface area contributed by atoms with E-state index in [2.05, 4.69) is 20.8 Å². The van der Waals surface area contributed by atoms with Crippen LogP contribution in [0.3, 0.4) is 0 Å². The summed E-state index contributed by atoms with van der Waals surface area (Å²) < 4.78 is 40.2. The first kappa shape index (κ1) is 21.2. The first-order chi connectivity index (χ1) is 14.1. The summed E-state index contributed by atoms with van der Waals surface area (Å²) in [7, 11) is 1.40. The molecule has 0 aliphatic rings. The van der Waals surface area contributed by atoms with Gasteiger partial charge in [0.15, 0.2) is 0 Å². The molecule has 3 rings (SSSR count). The van der Waals surface area contributed by atoms with Crippen LogP contribution in [0.15, 0.2) is 48.8 Å². The number of rotatable bonds is 5. The van der Waals surface area contributed by atoms with Crippen LogP contribution in [0.5, 0.6) is 0 Å². The molecule has 1 aromatic heterocycles. The van der Waals surface area contributed by atoms with Crippen LogP contribution in [0.1, 0.15) is 15.9 Å². The number of nitrogens with one attached hydrogen (secondary N) is 1. The van der Waals surface area contributed by atoms with E-state index in [4.69, 9.17) is 11.6 Å². The molecule has 12 heteroatoms. The van der Waals surface area contributed by atoms with Gasteiger partial charge in [0, 0.05) is 18.3 Å². The van der Waals surface area contributed by atoms with Gasteiger partial charge in [-0.25, -0.2) is 4.68 Å². The highest BCUT2D eigenvalue weighted by Gasteiger charge is 2.33. The summed E-state index contributed by atoms with van der Waals surface area (Å²) in [5.41, 5.74) is -0.322. The van der Waals surface area contributed by atoms with E-state index in [1.807, 2.05) is 0 Å². The number of benzene rings is 2. The van der Waals surface area contributed by atoms with Gasteiger partial charge in [-0.05, 0) is 46.8 Å². The summed E-state index contributed by atoms with van der Waals surface area (Å²) in [4.78, 5) is 25.9. The Morgan fingerprint density at radius 3 is 2.63 bits per heavy atom. The Morgan fingerprint density at radius 1 is 1.20 bits per heavy atom. The second kappa shape index (κ2) is 8.49. The number of tetrazole rings is 1. The minimum atomic E-state index is -4.66. The highest BCUT2D eigenvalue weighted by molar-refractivity contribution is 6.31. The van der Waals surface area contributed by atoms with E-state index < -0.39 is 28.6 Å². The van der Waals surface area contributed by atoms with Crippen LogP contribution in [0.2, 0.25) is 5.02 Å². The van der Waals surface area contributed by atoms with Crippen molar-refractivity contribution in [2.24, 2.45) is 0 Å². The van der Waals surface area contributed by atoms with E-state index in [0.29, 0.717) is 5.69 Å². The van der Waals surface area contributed by atoms with Crippen LogP contribution in [-0.4, -0.2) is 50.5 Å². The molecule has 2 amide bonds. The first-order valence-electron chi connectivity index (χ1n) is 8.40. The van der Waals surface area contributed by atoms with Crippen molar-refractivity contribution in [3.63, 3.8) is 0 Å². The van der Waals surface area contributed by atoms with Crippen molar-refractivity contribution >= 4 is 29.1 Å². The lowest BCUT2D eigenvalue weighted by Crippen LogP contribution is -2.35. The van der Waals surface area contributed by atoms with E-state index >= 15 is 0 Å². The lowest BCUT2D eigenvalue weighted by Gasteiger charge is -2.18. The number of halogens is 4. The van der Waals surface area contributed by atoms with Gasteiger partial charge >= 0.3 is 6.18 Å². The van der Waals surface area contributed by atoms with E-state index in [9.17, 15) is 22.8 Å². The van der Waals surface area contributed by atoms with Crippen molar-refractivity contribution in [1.29, 1.82) is 0 Å². The highest BCUT2D eigenvalue weighted by atomic mass is 35.5. The number of hydrogen-bond acceptors (Lipinski definition) is 5. The zero-order valence-electron chi connectivity index (χ0n) is 15.4. The lowest BCUT2D eigenvalue weighted by molar-refractivity contribution is -0.137. The molecule has 0 radical (unpaired) electrons. The van der Waals surface area contributed by atoms with Gasteiger partial charge in [-0.2, -0.15) is 13.2 Å². The Balaban J connectivity index is 1.67. The predicted molar refractivity (Wildman–Crippen MR) is 101 cm³/mol. The van der Waals surface area contributed by atoms with Gasteiger partial charge in [0.1, 0.15) is 6.33 Å². The van der Waals surface area contributed by atoms with Crippen LogP contribution >= 0.6 is 11.6 Å². The fourth-order valence-corrected chi connectivity index (χ4v) is 2.81. The summed E-state index contributed by atoms with van der Waals surface area (Å²) in [6.45, 7) is -0.377. The van der Waals surface area contributed by atoms with Crippen LogP contribution in [0, 0.1) is 0 Å². The molecule has 0 bridgehead atoms. The third kappa shape index (κ3) is 4.92. The number of anilines is 1. The van der Waals surface area contributed by atoms with Crippen molar-refractivity contribution in [3.8, 4) is 5.69 Å². The number of nitrogens with zero attached hydrogens (tertiary/aromatic N) is 5. The number of carbonyl (C=O) groups is 2. The fourth-order valence-electron chi connectivity index (χ4n) is 2.59. The standard InChI is InChI=1S/C18H14ClF3N6O2/c1-27(17(30)11-3-2-4-13(7-11)28-10-23-25-26-28)9-16(29)24-12-5-6-15(19)14(8-12)18(20,21)22/h2-8,10H,9H2,1H3,(H,24,29). The minimum absolute atomic E-state index is 0.0850. The Bertz CT molecular complexity index is 1070. The molecule has 3 aromatic rings. The summed E-state index contributed by atoms with van der Waals surface area (Å²) >= 11 is 5.56. The first-order valence-corrected chi connectivity index (χ1v) is 8.78. The van der Waals surface area contributed by atoms with Gasteiger partial charge in [-0.3, -0.25) is 9.59 Å². The Morgan fingerprint density at radius 2 is 1.97 bits per heavy atom. The maximum atomic E-state index is 12.9. The molecule has 30 heavy (non-hydrogen) atoms. The molecule has 0 aliphatic carbocycles. The number of carbonyl (C=O) groups excluding carboxylic acids is 2. The summed E-state index contributed by atoms with van der Waals surface area (Å²) in [5, 5.41) is 12.6. The topological polar surface area (TPSA) is 93.0 Å². The normalized spacial score (nSPS) is 11.2. The molecule has 8 nitrogen and oxygen atoms in total. The predicted octanol–water partition coefficient (Wildman–Crippen LogP) is 3.05. The molecule has 1 N–H and O–H groups in total. The summed E-state index contributed by atoms with van der Waals surface area (Å²) in [6, 6.07) is 9.44. The van der Waals surface area contributed by atoms with Crippen LogP contribution in [0.25, 0.3) is 5.69 Å². The van der Waals surface area contributed by atoms with Crippen LogP contribution in [-0.2, 0) is 11.0 Å².